The first-order valence-electron chi connectivity index (χ1n) is 12.7. The molecule has 0 amide bonds. The molecule has 230 valence electrons. The highest BCUT2D eigenvalue weighted by atomic mass is 32.2. The lowest BCUT2D eigenvalue weighted by Gasteiger charge is -2.19. The van der Waals surface area contributed by atoms with Gasteiger partial charge >= 0.3 is 11.9 Å². The van der Waals surface area contributed by atoms with E-state index in [0.29, 0.717) is 11.1 Å². The number of rotatable bonds is 8. The van der Waals surface area contributed by atoms with Crippen molar-refractivity contribution in [2.45, 2.75) is 25.0 Å². The molecule has 0 saturated heterocycles. The van der Waals surface area contributed by atoms with Crippen LogP contribution in [0.25, 0.3) is 33.3 Å². The second-order valence-corrected chi connectivity index (χ2v) is 11.3. The molecule has 0 bridgehead atoms. The van der Waals surface area contributed by atoms with E-state index in [-0.39, 0.29) is 45.0 Å². The zero-order chi connectivity index (χ0) is 32.0. The molecule has 3 heterocycles. The van der Waals surface area contributed by atoms with Gasteiger partial charge < -0.3 is 10.5 Å². The highest BCUT2D eigenvalue weighted by Crippen LogP contribution is 2.41. The molecule has 0 saturated carbocycles. The van der Waals surface area contributed by atoms with E-state index in [1.807, 2.05) is 4.72 Å². The number of benzene rings is 2. The molecule has 2 aromatic carbocycles. The SMILES string of the molecule is C[C@H](Oc1cc(-c2nn(C)c3c(-c4ccnc(C(F)(F)F)c4)cnc(N)c23)ccc1NS(=O)(=O)C(F)F)c1ccc(F)cc1. The molecule has 0 aliphatic heterocycles. The van der Waals surface area contributed by atoms with Crippen LogP contribution in [0.3, 0.4) is 0 Å². The first kappa shape index (κ1) is 30.6. The number of alkyl halides is 5. The van der Waals surface area contributed by atoms with Gasteiger partial charge in [0.05, 0.1) is 16.6 Å². The number of hydrogen-bond donors (Lipinski definition) is 2. The number of nitrogen functional groups attached to an aromatic ring is 1. The van der Waals surface area contributed by atoms with Crippen LogP contribution in [0, 0.1) is 5.82 Å². The molecule has 0 aliphatic rings. The third-order valence-corrected chi connectivity index (χ3v) is 7.61. The molecule has 0 unspecified atom stereocenters. The topological polar surface area (TPSA) is 125 Å². The fourth-order valence-corrected chi connectivity index (χ4v) is 5.11. The van der Waals surface area contributed by atoms with Gasteiger partial charge in [-0.15, -0.1) is 0 Å². The molecule has 5 rings (SSSR count). The van der Waals surface area contributed by atoms with E-state index in [4.69, 9.17) is 10.5 Å². The number of nitrogens with one attached hydrogen (secondary N) is 1. The van der Waals surface area contributed by atoms with E-state index in [1.54, 1.807) is 14.0 Å². The van der Waals surface area contributed by atoms with Crippen molar-refractivity contribution >= 4 is 32.4 Å². The smallest absolute Gasteiger partial charge is 0.433 e. The molecule has 0 radical (unpaired) electrons. The quantitative estimate of drug-likeness (QED) is 0.185. The number of ether oxygens (including phenoxy) is 1. The summed E-state index contributed by atoms with van der Waals surface area (Å²) in [6.45, 7) is 1.58. The molecule has 9 nitrogen and oxygen atoms in total. The van der Waals surface area contributed by atoms with E-state index in [9.17, 15) is 34.8 Å². The Kier molecular flexibility index (Phi) is 7.88. The molecular weight excluding hydrogens is 614 g/mol. The molecule has 3 N–H and O–H groups in total. The number of nitrogens with zero attached hydrogens (tertiary/aromatic N) is 4. The zero-order valence-electron chi connectivity index (χ0n) is 22.8. The number of anilines is 2. The Morgan fingerprint density at radius 2 is 1.70 bits per heavy atom. The van der Waals surface area contributed by atoms with Crippen molar-refractivity contribution in [3.05, 3.63) is 84.1 Å². The Labute approximate surface area is 246 Å². The Morgan fingerprint density at radius 3 is 2.36 bits per heavy atom. The summed E-state index contributed by atoms with van der Waals surface area (Å²) in [7, 11) is -3.55. The second-order valence-electron chi connectivity index (χ2n) is 9.61. The van der Waals surface area contributed by atoms with Gasteiger partial charge in [0.15, 0.2) is 0 Å². The first-order chi connectivity index (χ1) is 20.7. The van der Waals surface area contributed by atoms with E-state index < -0.39 is 39.6 Å². The van der Waals surface area contributed by atoms with Crippen molar-refractivity contribution in [2.24, 2.45) is 7.05 Å². The van der Waals surface area contributed by atoms with Gasteiger partial charge in [-0.2, -0.15) is 27.1 Å². The van der Waals surface area contributed by atoms with Crippen LogP contribution in [0.1, 0.15) is 24.3 Å². The van der Waals surface area contributed by atoms with Crippen molar-refractivity contribution in [2.75, 3.05) is 10.5 Å². The Hall–Kier alpha value is -4.86. The second kappa shape index (κ2) is 11.3. The maximum absolute atomic E-state index is 13.4. The number of hydrogen-bond acceptors (Lipinski definition) is 7. The van der Waals surface area contributed by atoms with Gasteiger partial charge in [0, 0.05) is 30.6 Å². The van der Waals surface area contributed by atoms with Crippen LogP contribution < -0.4 is 15.2 Å². The number of aryl methyl sites for hydroxylation is 1. The minimum atomic E-state index is -5.09. The molecule has 0 aliphatic carbocycles. The predicted octanol–water partition coefficient (Wildman–Crippen LogP) is 6.54. The highest BCUT2D eigenvalue weighted by Gasteiger charge is 2.33. The van der Waals surface area contributed by atoms with Crippen molar-refractivity contribution in [3.63, 3.8) is 0 Å². The van der Waals surface area contributed by atoms with E-state index in [1.165, 1.54) is 59.4 Å². The van der Waals surface area contributed by atoms with Gasteiger partial charge in [0.25, 0.3) is 10.0 Å². The van der Waals surface area contributed by atoms with Gasteiger partial charge in [-0.1, -0.05) is 18.2 Å². The van der Waals surface area contributed by atoms with Crippen LogP contribution in [0.5, 0.6) is 5.75 Å². The predicted molar refractivity (Wildman–Crippen MR) is 151 cm³/mol. The van der Waals surface area contributed by atoms with Gasteiger partial charge in [0.2, 0.25) is 0 Å². The lowest BCUT2D eigenvalue weighted by Crippen LogP contribution is -2.21. The monoisotopic (exact) mass is 636 g/mol. The van der Waals surface area contributed by atoms with Crippen LogP contribution in [-0.4, -0.2) is 33.9 Å². The van der Waals surface area contributed by atoms with Crippen molar-refractivity contribution in [3.8, 4) is 28.1 Å². The Balaban J connectivity index is 1.65. The van der Waals surface area contributed by atoms with Crippen LogP contribution in [0.15, 0.2) is 67.0 Å². The van der Waals surface area contributed by atoms with Crippen LogP contribution in [0.2, 0.25) is 0 Å². The summed E-state index contributed by atoms with van der Waals surface area (Å²) < 4.78 is 113. The first-order valence-corrected chi connectivity index (χ1v) is 14.2. The summed E-state index contributed by atoms with van der Waals surface area (Å²) >= 11 is 0. The van der Waals surface area contributed by atoms with E-state index in [2.05, 4.69) is 15.1 Å². The number of fused-ring (bicyclic) bond motifs is 1. The molecule has 1 atom stereocenters. The third-order valence-electron chi connectivity index (χ3n) is 6.64. The van der Waals surface area contributed by atoms with Crippen molar-refractivity contribution in [1.82, 2.24) is 19.7 Å². The van der Waals surface area contributed by atoms with Crippen molar-refractivity contribution < 1.29 is 39.5 Å². The molecule has 3 aromatic heterocycles. The summed E-state index contributed by atoms with van der Waals surface area (Å²) in [6, 6.07) is 11.4. The molecular formula is C28H22F6N6O3S. The van der Waals surface area contributed by atoms with Crippen LogP contribution in [0.4, 0.5) is 37.8 Å². The van der Waals surface area contributed by atoms with Gasteiger partial charge in [0.1, 0.15) is 34.9 Å². The summed E-state index contributed by atoms with van der Waals surface area (Å²) in [6.07, 6.45) is -3.17. The van der Waals surface area contributed by atoms with E-state index in [0.717, 1.165) is 12.3 Å². The fraction of sp³-hybridized carbons (Fsp3) is 0.179. The van der Waals surface area contributed by atoms with Gasteiger partial charge in [-0.25, -0.2) is 17.8 Å². The minimum absolute atomic E-state index is 0.0124. The van der Waals surface area contributed by atoms with Crippen molar-refractivity contribution in [1.29, 1.82) is 0 Å². The zero-order valence-corrected chi connectivity index (χ0v) is 23.6. The maximum Gasteiger partial charge on any atom is 0.433 e. The van der Waals surface area contributed by atoms with E-state index >= 15 is 0 Å². The van der Waals surface area contributed by atoms with Gasteiger partial charge in [-0.05, 0) is 54.4 Å². The van der Waals surface area contributed by atoms with Crippen LogP contribution >= 0.6 is 0 Å². The van der Waals surface area contributed by atoms with Gasteiger partial charge in [-0.3, -0.25) is 14.4 Å². The fourth-order valence-electron chi connectivity index (χ4n) is 4.54. The molecule has 16 heteroatoms. The summed E-state index contributed by atoms with van der Waals surface area (Å²) in [5, 5.41) is 4.76. The number of pyridine rings is 2. The minimum Gasteiger partial charge on any atom is -0.484 e. The number of nitrogens with two attached hydrogens (primary N) is 1. The highest BCUT2D eigenvalue weighted by molar-refractivity contribution is 7.93. The maximum atomic E-state index is 13.4. The molecule has 44 heavy (non-hydrogen) atoms. The standard InChI is InChI=1S/C28H22F6N6O3S/c1-14(15-3-6-18(29)7-4-15)43-21-11-17(5-8-20(21)39-44(41,42)27(30)31)24-23-25(40(2)38-24)19(13-37-26(23)35)16-9-10-36-22(12-16)28(32,33)34/h3-14,27,39H,1-2H3,(H2,35,37)/t14-/m0/s1. The average molecular weight is 637 g/mol. The normalized spacial score (nSPS) is 12.9. The molecule has 0 spiro atoms. The van der Waals surface area contributed by atoms with Crippen LogP contribution in [-0.2, 0) is 23.2 Å². The summed E-state index contributed by atoms with van der Waals surface area (Å²) in [4.78, 5) is 7.56. The lowest BCUT2D eigenvalue weighted by molar-refractivity contribution is -0.141. The third kappa shape index (κ3) is 5.97. The molecule has 0 fully saturated rings. The largest absolute Gasteiger partial charge is 0.484 e. The number of sulfonamides is 1. The number of halogens is 6. The lowest BCUT2D eigenvalue weighted by atomic mass is 10.0. The Morgan fingerprint density at radius 1 is 1.00 bits per heavy atom. The molecule has 5 aromatic rings. The summed E-state index contributed by atoms with van der Waals surface area (Å²) in [5.74, 6) is -4.42. The number of aromatic nitrogens is 4. The average Bonchev–Trinajstić information content (AvgIpc) is 3.32. The summed E-state index contributed by atoms with van der Waals surface area (Å²) in [5.41, 5.74) is 6.51. The Bertz CT molecular complexity index is 1960.